The molecule has 5 heteroatoms. The third-order valence-corrected chi connectivity index (χ3v) is 4.21. The maximum absolute atomic E-state index is 4.20. The highest BCUT2D eigenvalue weighted by molar-refractivity contribution is 7.99. The quantitative estimate of drug-likeness (QED) is 0.443. The summed E-state index contributed by atoms with van der Waals surface area (Å²) in [5.74, 6) is 1.65. The van der Waals surface area contributed by atoms with Gasteiger partial charge in [0.15, 0.2) is 5.16 Å². The Morgan fingerprint density at radius 1 is 1.09 bits per heavy atom. The monoisotopic (exact) mass is 337 g/mol. The minimum atomic E-state index is 0. The maximum atomic E-state index is 4.20. The molecule has 1 N–H and O–H groups in total. The molecule has 0 bridgehead atoms. The van der Waals surface area contributed by atoms with Crippen LogP contribution in [0.5, 0.6) is 0 Å². The van der Waals surface area contributed by atoms with Crippen molar-refractivity contribution in [3.63, 3.8) is 0 Å². The van der Waals surface area contributed by atoms with Crippen molar-refractivity contribution in [1.82, 2.24) is 15.3 Å². The first-order chi connectivity index (χ1) is 10.3. The van der Waals surface area contributed by atoms with E-state index in [1.807, 2.05) is 6.07 Å². The van der Waals surface area contributed by atoms with Gasteiger partial charge in [0.05, 0.1) is 0 Å². The van der Waals surface area contributed by atoms with E-state index >= 15 is 0 Å². The lowest BCUT2D eigenvalue weighted by atomic mass is 10.0. The Morgan fingerprint density at radius 3 is 2.41 bits per heavy atom. The summed E-state index contributed by atoms with van der Waals surface area (Å²) in [6.45, 7) is 6.40. The molecule has 1 aromatic carbocycles. The first kappa shape index (κ1) is 18.9. The van der Waals surface area contributed by atoms with Gasteiger partial charge in [-0.1, -0.05) is 49.9 Å². The molecule has 0 radical (unpaired) electrons. The maximum Gasteiger partial charge on any atom is 0.187 e. The zero-order valence-electron chi connectivity index (χ0n) is 13.2. The molecule has 1 heterocycles. The lowest BCUT2D eigenvalue weighted by Crippen LogP contribution is -2.15. The van der Waals surface area contributed by atoms with Crippen LogP contribution < -0.4 is 5.32 Å². The highest BCUT2D eigenvalue weighted by atomic mass is 35.5. The second-order valence-electron chi connectivity index (χ2n) is 5.31. The molecule has 22 heavy (non-hydrogen) atoms. The molecular weight excluding hydrogens is 314 g/mol. The van der Waals surface area contributed by atoms with E-state index in [0.717, 1.165) is 30.4 Å². The molecular formula is C17H24ClN3S. The number of thioether (sulfide) groups is 1. The molecule has 120 valence electrons. The van der Waals surface area contributed by atoms with Crippen LogP contribution in [0.3, 0.4) is 0 Å². The Kier molecular flexibility index (Phi) is 9.13. The van der Waals surface area contributed by atoms with Gasteiger partial charge < -0.3 is 5.32 Å². The molecule has 2 rings (SSSR count). The number of hydrogen-bond donors (Lipinski definition) is 1. The van der Waals surface area contributed by atoms with Crippen LogP contribution in [0, 0.1) is 0 Å². The Hall–Kier alpha value is -1.10. The minimum absolute atomic E-state index is 0. The second-order valence-corrected chi connectivity index (χ2v) is 6.37. The van der Waals surface area contributed by atoms with Crippen molar-refractivity contribution in [3.8, 4) is 0 Å². The number of nitrogens with one attached hydrogen (secondary N) is 1. The van der Waals surface area contributed by atoms with Crippen LogP contribution in [0.25, 0.3) is 0 Å². The van der Waals surface area contributed by atoms with E-state index < -0.39 is 0 Å². The van der Waals surface area contributed by atoms with E-state index in [9.17, 15) is 0 Å². The van der Waals surface area contributed by atoms with Gasteiger partial charge in [0.2, 0.25) is 0 Å². The van der Waals surface area contributed by atoms with Crippen LogP contribution in [-0.4, -0.2) is 22.3 Å². The van der Waals surface area contributed by atoms with E-state index in [1.165, 1.54) is 11.1 Å². The second kappa shape index (κ2) is 10.6. The van der Waals surface area contributed by atoms with Crippen LogP contribution >= 0.6 is 24.2 Å². The van der Waals surface area contributed by atoms with E-state index in [4.69, 9.17) is 0 Å². The standard InChI is InChI=1S/C17H23N3S.ClH/c1-14(2)16-7-5-15(6-8-16)13-18-9-4-12-21-17-19-10-3-11-20-17;/h3,5-8,10-11,14,18H,4,9,12-13H2,1-2H3;1H. The smallest absolute Gasteiger partial charge is 0.187 e. The van der Waals surface area contributed by atoms with Crippen LogP contribution in [0.4, 0.5) is 0 Å². The normalized spacial score (nSPS) is 10.5. The van der Waals surface area contributed by atoms with E-state index in [2.05, 4.69) is 53.4 Å². The fraction of sp³-hybridized carbons (Fsp3) is 0.412. The predicted molar refractivity (Wildman–Crippen MR) is 96.9 cm³/mol. The summed E-state index contributed by atoms with van der Waals surface area (Å²) in [5, 5.41) is 4.35. The molecule has 0 saturated carbocycles. The highest BCUT2D eigenvalue weighted by Crippen LogP contribution is 2.14. The number of aromatic nitrogens is 2. The fourth-order valence-electron chi connectivity index (χ4n) is 1.97. The predicted octanol–water partition coefficient (Wildman–Crippen LogP) is 4.29. The van der Waals surface area contributed by atoms with Crippen molar-refractivity contribution in [1.29, 1.82) is 0 Å². The van der Waals surface area contributed by atoms with Crippen LogP contribution in [0.2, 0.25) is 0 Å². The third kappa shape index (κ3) is 6.77. The minimum Gasteiger partial charge on any atom is -0.313 e. The fourth-order valence-corrected chi connectivity index (χ4v) is 2.72. The summed E-state index contributed by atoms with van der Waals surface area (Å²) < 4.78 is 0. The SMILES string of the molecule is CC(C)c1ccc(CNCCCSc2ncccn2)cc1.Cl. The number of rotatable bonds is 8. The summed E-state index contributed by atoms with van der Waals surface area (Å²) in [7, 11) is 0. The molecule has 0 unspecified atom stereocenters. The summed E-state index contributed by atoms with van der Waals surface area (Å²) in [6.07, 6.45) is 4.69. The third-order valence-electron chi connectivity index (χ3n) is 3.25. The summed E-state index contributed by atoms with van der Waals surface area (Å²) in [6, 6.07) is 10.7. The zero-order valence-corrected chi connectivity index (χ0v) is 14.8. The van der Waals surface area contributed by atoms with Crippen molar-refractivity contribution < 1.29 is 0 Å². The Labute approximate surface area is 143 Å². The van der Waals surface area contributed by atoms with Gasteiger partial charge >= 0.3 is 0 Å². The van der Waals surface area contributed by atoms with E-state index in [1.54, 1.807) is 24.2 Å². The molecule has 3 nitrogen and oxygen atoms in total. The van der Waals surface area contributed by atoms with Crippen molar-refractivity contribution in [2.45, 2.75) is 37.9 Å². The molecule has 0 saturated heterocycles. The lowest BCUT2D eigenvalue weighted by Gasteiger charge is -2.08. The average molecular weight is 338 g/mol. The van der Waals surface area contributed by atoms with Crippen molar-refractivity contribution >= 4 is 24.2 Å². The van der Waals surface area contributed by atoms with Gasteiger partial charge in [-0.2, -0.15) is 0 Å². The Balaban J connectivity index is 0.00000242. The van der Waals surface area contributed by atoms with Gasteiger partial charge in [-0.15, -0.1) is 12.4 Å². The highest BCUT2D eigenvalue weighted by Gasteiger charge is 1.99. The lowest BCUT2D eigenvalue weighted by molar-refractivity contribution is 0.678. The van der Waals surface area contributed by atoms with Gasteiger partial charge in [-0.05, 0) is 36.1 Å². The number of nitrogens with zero attached hydrogens (tertiary/aromatic N) is 2. The molecule has 1 aromatic heterocycles. The van der Waals surface area contributed by atoms with Crippen LogP contribution in [-0.2, 0) is 6.54 Å². The summed E-state index contributed by atoms with van der Waals surface area (Å²) >= 11 is 1.71. The molecule has 0 aliphatic rings. The molecule has 0 amide bonds. The number of hydrogen-bond acceptors (Lipinski definition) is 4. The molecule has 0 spiro atoms. The van der Waals surface area contributed by atoms with Crippen molar-refractivity contribution in [3.05, 3.63) is 53.9 Å². The molecule has 0 aliphatic carbocycles. The molecule has 0 aliphatic heterocycles. The van der Waals surface area contributed by atoms with Gasteiger partial charge in [0.1, 0.15) is 0 Å². The van der Waals surface area contributed by atoms with Gasteiger partial charge in [-0.3, -0.25) is 0 Å². The summed E-state index contributed by atoms with van der Waals surface area (Å²) in [4.78, 5) is 8.40. The van der Waals surface area contributed by atoms with Gasteiger partial charge in [0, 0.05) is 24.7 Å². The topological polar surface area (TPSA) is 37.8 Å². The largest absolute Gasteiger partial charge is 0.313 e. The van der Waals surface area contributed by atoms with Crippen molar-refractivity contribution in [2.75, 3.05) is 12.3 Å². The zero-order chi connectivity index (χ0) is 14.9. The summed E-state index contributed by atoms with van der Waals surface area (Å²) in [5.41, 5.74) is 2.75. The van der Waals surface area contributed by atoms with Crippen molar-refractivity contribution in [2.24, 2.45) is 0 Å². The van der Waals surface area contributed by atoms with Gasteiger partial charge in [-0.25, -0.2) is 9.97 Å². The molecule has 0 fully saturated rings. The Bertz CT molecular complexity index is 517. The van der Waals surface area contributed by atoms with Gasteiger partial charge in [0.25, 0.3) is 0 Å². The Morgan fingerprint density at radius 2 is 1.77 bits per heavy atom. The first-order valence-corrected chi connectivity index (χ1v) is 8.43. The van der Waals surface area contributed by atoms with Crippen LogP contribution in [0.15, 0.2) is 47.9 Å². The number of halogens is 1. The average Bonchev–Trinajstić information content (AvgIpc) is 2.52. The number of benzene rings is 1. The molecule has 0 atom stereocenters. The molecule has 2 aromatic rings. The first-order valence-electron chi connectivity index (χ1n) is 7.45. The van der Waals surface area contributed by atoms with E-state index in [0.29, 0.717) is 5.92 Å². The van der Waals surface area contributed by atoms with E-state index in [-0.39, 0.29) is 12.4 Å². The van der Waals surface area contributed by atoms with Crippen LogP contribution in [0.1, 0.15) is 37.3 Å².